The Bertz CT molecular complexity index is 338. The van der Waals surface area contributed by atoms with Crippen LogP contribution in [0.3, 0.4) is 0 Å². The van der Waals surface area contributed by atoms with E-state index in [2.05, 4.69) is 0 Å². The van der Waals surface area contributed by atoms with Crippen molar-refractivity contribution in [3.05, 3.63) is 0 Å². The molecule has 2 atom stereocenters. The quantitative estimate of drug-likeness (QED) is 0.762. The molecule has 0 bridgehead atoms. The zero-order valence-corrected chi connectivity index (χ0v) is 12.1. The zero-order chi connectivity index (χ0) is 14.6. The van der Waals surface area contributed by atoms with Crippen LogP contribution >= 0.6 is 0 Å². The van der Waals surface area contributed by atoms with E-state index in [0.717, 1.165) is 6.42 Å². The predicted octanol–water partition coefficient (Wildman–Crippen LogP) is 1.13. The van der Waals surface area contributed by atoms with Crippen molar-refractivity contribution in [2.45, 2.75) is 45.3 Å². The van der Waals surface area contributed by atoms with Crippen LogP contribution in [0.25, 0.3) is 0 Å². The van der Waals surface area contributed by atoms with Crippen molar-refractivity contribution in [2.75, 3.05) is 20.2 Å². The molecule has 1 aliphatic rings. The van der Waals surface area contributed by atoms with Gasteiger partial charge in [-0.25, -0.2) is 9.59 Å². The molecule has 0 radical (unpaired) electrons. The molecule has 0 aliphatic carbocycles. The molecular formula is C13H24N2O4. The fourth-order valence-electron chi connectivity index (χ4n) is 2.15. The van der Waals surface area contributed by atoms with Crippen LogP contribution in [-0.2, 0) is 14.3 Å². The third-order valence-corrected chi connectivity index (χ3v) is 3.15. The van der Waals surface area contributed by atoms with Crippen LogP contribution in [0.4, 0.5) is 4.79 Å². The maximum absolute atomic E-state index is 12.1. The standard InChI is InChI=1S/C13H24N2O4/c1-13(2,3)19-12(17)15-6-5-9(8-14)7-10(15)11(16)18-4/h9-10H,5-8,14H2,1-4H3/t9-,10+/m1/s1. The monoisotopic (exact) mass is 272 g/mol. The van der Waals surface area contributed by atoms with Gasteiger partial charge in [0.1, 0.15) is 11.6 Å². The summed E-state index contributed by atoms with van der Waals surface area (Å²) in [7, 11) is 1.32. The minimum atomic E-state index is -0.595. The number of likely N-dealkylation sites (tertiary alicyclic amines) is 1. The Morgan fingerprint density at radius 2 is 2.00 bits per heavy atom. The molecule has 1 rings (SSSR count). The van der Waals surface area contributed by atoms with Crippen LogP contribution in [-0.4, -0.2) is 48.8 Å². The van der Waals surface area contributed by atoms with E-state index in [1.807, 2.05) is 0 Å². The number of hydrogen-bond donors (Lipinski definition) is 1. The molecule has 1 amide bonds. The molecular weight excluding hydrogens is 248 g/mol. The van der Waals surface area contributed by atoms with Crippen molar-refractivity contribution < 1.29 is 19.1 Å². The minimum absolute atomic E-state index is 0.239. The van der Waals surface area contributed by atoms with Crippen LogP contribution in [0.5, 0.6) is 0 Å². The lowest BCUT2D eigenvalue weighted by Gasteiger charge is -2.38. The molecule has 0 aromatic heterocycles. The van der Waals surface area contributed by atoms with E-state index in [1.54, 1.807) is 20.8 Å². The highest BCUT2D eigenvalue weighted by molar-refractivity contribution is 5.81. The second kappa shape index (κ2) is 6.23. The highest BCUT2D eigenvalue weighted by Crippen LogP contribution is 2.25. The number of nitrogens with zero attached hydrogens (tertiary/aromatic N) is 1. The van der Waals surface area contributed by atoms with Gasteiger partial charge in [-0.05, 0) is 46.1 Å². The first-order valence-electron chi connectivity index (χ1n) is 6.56. The van der Waals surface area contributed by atoms with Crippen LogP contribution < -0.4 is 5.73 Å². The number of amides is 1. The first kappa shape index (κ1) is 15.8. The lowest BCUT2D eigenvalue weighted by molar-refractivity contribution is -0.148. The first-order chi connectivity index (χ1) is 8.78. The van der Waals surface area contributed by atoms with Crippen molar-refractivity contribution in [3.8, 4) is 0 Å². The molecule has 6 heteroatoms. The van der Waals surface area contributed by atoms with Gasteiger partial charge in [-0.3, -0.25) is 4.90 Å². The molecule has 0 spiro atoms. The maximum Gasteiger partial charge on any atom is 0.411 e. The normalized spacial score (nSPS) is 23.9. The lowest BCUT2D eigenvalue weighted by atomic mass is 9.91. The molecule has 1 heterocycles. The third kappa shape index (κ3) is 4.38. The van der Waals surface area contributed by atoms with Gasteiger partial charge in [0.2, 0.25) is 0 Å². The Morgan fingerprint density at radius 3 is 2.47 bits per heavy atom. The summed E-state index contributed by atoms with van der Waals surface area (Å²) >= 11 is 0. The van der Waals surface area contributed by atoms with Crippen LogP contribution in [0.2, 0.25) is 0 Å². The molecule has 110 valence electrons. The maximum atomic E-state index is 12.1. The van der Waals surface area contributed by atoms with Crippen molar-refractivity contribution >= 4 is 12.1 Å². The van der Waals surface area contributed by atoms with E-state index in [1.165, 1.54) is 12.0 Å². The molecule has 6 nitrogen and oxygen atoms in total. The average Bonchev–Trinajstić information content (AvgIpc) is 2.35. The van der Waals surface area contributed by atoms with Crippen LogP contribution in [0.1, 0.15) is 33.6 Å². The summed E-state index contributed by atoms with van der Waals surface area (Å²) in [5, 5.41) is 0. The molecule has 19 heavy (non-hydrogen) atoms. The molecule has 1 saturated heterocycles. The lowest BCUT2D eigenvalue weighted by Crippen LogP contribution is -2.52. The van der Waals surface area contributed by atoms with Crippen molar-refractivity contribution in [1.82, 2.24) is 4.90 Å². The molecule has 1 fully saturated rings. The summed E-state index contributed by atoms with van der Waals surface area (Å²) in [4.78, 5) is 25.3. The van der Waals surface area contributed by atoms with Gasteiger partial charge < -0.3 is 15.2 Å². The van der Waals surface area contributed by atoms with Crippen molar-refractivity contribution in [1.29, 1.82) is 0 Å². The molecule has 0 aromatic rings. The number of piperidine rings is 1. The summed E-state index contributed by atoms with van der Waals surface area (Å²) in [6, 6.07) is -0.595. The van der Waals surface area contributed by atoms with Gasteiger partial charge in [-0.15, -0.1) is 0 Å². The number of esters is 1. The topological polar surface area (TPSA) is 81.9 Å². The summed E-state index contributed by atoms with van der Waals surface area (Å²) in [5.74, 6) is -0.174. The molecule has 1 aliphatic heterocycles. The fourth-order valence-corrected chi connectivity index (χ4v) is 2.15. The highest BCUT2D eigenvalue weighted by atomic mass is 16.6. The SMILES string of the molecule is COC(=O)[C@@H]1C[C@H](CN)CCN1C(=O)OC(C)(C)C. The molecule has 2 N–H and O–H groups in total. The highest BCUT2D eigenvalue weighted by Gasteiger charge is 2.38. The fraction of sp³-hybridized carbons (Fsp3) is 0.846. The van der Waals surface area contributed by atoms with E-state index in [4.69, 9.17) is 15.2 Å². The number of carbonyl (C=O) groups excluding carboxylic acids is 2. The summed E-state index contributed by atoms with van der Waals surface area (Å²) < 4.78 is 10.1. The van der Waals surface area contributed by atoms with Gasteiger partial charge in [-0.2, -0.15) is 0 Å². The first-order valence-corrected chi connectivity index (χ1v) is 6.56. The predicted molar refractivity (Wildman–Crippen MR) is 70.5 cm³/mol. The average molecular weight is 272 g/mol. The van der Waals surface area contributed by atoms with Crippen LogP contribution in [0.15, 0.2) is 0 Å². The second-order valence-corrected chi connectivity index (χ2v) is 5.84. The number of rotatable bonds is 2. The van der Waals surface area contributed by atoms with E-state index >= 15 is 0 Å². The largest absolute Gasteiger partial charge is 0.467 e. The zero-order valence-electron chi connectivity index (χ0n) is 12.1. The van der Waals surface area contributed by atoms with Gasteiger partial charge in [-0.1, -0.05) is 0 Å². The van der Waals surface area contributed by atoms with Crippen molar-refractivity contribution in [2.24, 2.45) is 11.7 Å². The number of nitrogens with two attached hydrogens (primary N) is 1. The Hall–Kier alpha value is -1.30. The Labute approximate surface area is 114 Å². The van der Waals surface area contributed by atoms with E-state index in [-0.39, 0.29) is 5.92 Å². The summed E-state index contributed by atoms with van der Waals surface area (Å²) in [6.45, 7) is 6.37. The van der Waals surface area contributed by atoms with Gasteiger partial charge in [0.05, 0.1) is 7.11 Å². The summed E-state index contributed by atoms with van der Waals surface area (Å²) in [6.07, 6.45) is 0.837. The Morgan fingerprint density at radius 1 is 1.37 bits per heavy atom. The molecule has 0 saturated carbocycles. The van der Waals surface area contributed by atoms with Crippen LogP contribution in [0, 0.1) is 5.92 Å². The summed E-state index contributed by atoms with van der Waals surface area (Å²) in [5.41, 5.74) is 5.06. The second-order valence-electron chi connectivity index (χ2n) is 5.84. The van der Waals surface area contributed by atoms with E-state index < -0.39 is 23.7 Å². The van der Waals surface area contributed by atoms with E-state index in [0.29, 0.717) is 19.5 Å². The molecule has 0 unspecified atom stereocenters. The number of methoxy groups -OCH3 is 1. The smallest absolute Gasteiger partial charge is 0.411 e. The van der Waals surface area contributed by atoms with E-state index in [9.17, 15) is 9.59 Å². The number of carbonyl (C=O) groups is 2. The Balaban J connectivity index is 2.79. The number of hydrogen-bond acceptors (Lipinski definition) is 5. The molecule has 0 aromatic carbocycles. The van der Waals surface area contributed by atoms with Gasteiger partial charge >= 0.3 is 12.1 Å². The Kier molecular flexibility index (Phi) is 5.17. The van der Waals surface area contributed by atoms with Crippen molar-refractivity contribution in [3.63, 3.8) is 0 Å². The van der Waals surface area contributed by atoms with Gasteiger partial charge in [0.15, 0.2) is 0 Å². The third-order valence-electron chi connectivity index (χ3n) is 3.15. The minimum Gasteiger partial charge on any atom is -0.467 e. The van der Waals surface area contributed by atoms with Gasteiger partial charge in [0.25, 0.3) is 0 Å². The van der Waals surface area contributed by atoms with Gasteiger partial charge in [0, 0.05) is 6.54 Å². The number of ether oxygens (including phenoxy) is 2.